The summed E-state index contributed by atoms with van der Waals surface area (Å²) in [7, 11) is 0. The normalized spacial score (nSPS) is 11.9. The van der Waals surface area contributed by atoms with E-state index >= 15 is 0 Å². The summed E-state index contributed by atoms with van der Waals surface area (Å²) in [5.41, 5.74) is 8.76. The highest BCUT2D eigenvalue weighted by Gasteiger charge is 2.15. The van der Waals surface area contributed by atoms with Gasteiger partial charge in [-0.3, -0.25) is 9.59 Å². The molecule has 1 aromatic rings. The third-order valence-electron chi connectivity index (χ3n) is 3.90. The van der Waals surface area contributed by atoms with Crippen molar-refractivity contribution in [2.75, 3.05) is 6.54 Å². The summed E-state index contributed by atoms with van der Waals surface area (Å²) in [4.78, 5) is 23.9. The van der Waals surface area contributed by atoms with Crippen LogP contribution < -0.4 is 11.1 Å². The van der Waals surface area contributed by atoms with Crippen LogP contribution >= 0.6 is 12.4 Å². The molecule has 3 N–H and O–H groups in total. The van der Waals surface area contributed by atoms with Gasteiger partial charge in [0.2, 0.25) is 5.91 Å². The summed E-state index contributed by atoms with van der Waals surface area (Å²) in [6.07, 6.45) is 6.71. The summed E-state index contributed by atoms with van der Waals surface area (Å²) in [5.74, 6) is -0.118. The molecule has 1 rings (SSSR count). The van der Waals surface area contributed by atoms with Gasteiger partial charge in [-0.25, -0.2) is 0 Å². The Morgan fingerprint density at radius 3 is 2.35 bits per heavy atom. The van der Waals surface area contributed by atoms with Gasteiger partial charge in [0, 0.05) is 6.42 Å². The molecular formula is C21H31ClN2O2. The summed E-state index contributed by atoms with van der Waals surface area (Å²) >= 11 is 0. The highest BCUT2D eigenvalue weighted by Crippen LogP contribution is 2.19. The number of nitrogens with one attached hydrogen (secondary N) is 1. The summed E-state index contributed by atoms with van der Waals surface area (Å²) in [6, 6.07) is 9.48. The molecule has 1 amide bonds. The van der Waals surface area contributed by atoms with Gasteiger partial charge in [-0.15, -0.1) is 12.4 Å². The second-order valence-electron chi connectivity index (χ2n) is 6.55. The number of ketones is 1. The number of benzene rings is 1. The number of hydrogen-bond acceptors (Lipinski definition) is 3. The van der Waals surface area contributed by atoms with E-state index in [2.05, 4.69) is 25.2 Å². The summed E-state index contributed by atoms with van der Waals surface area (Å²) in [5, 5.41) is 2.89. The lowest BCUT2D eigenvalue weighted by Gasteiger charge is -2.18. The molecule has 0 aromatic heterocycles. The molecule has 0 bridgehead atoms. The Hall–Kier alpha value is -1.91. The van der Waals surface area contributed by atoms with E-state index in [0.29, 0.717) is 12.8 Å². The third kappa shape index (κ3) is 10.2. The van der Waals surface area contributed by atoms with Gasteiger partial charge in [0.15, 0.2) is 5.78 Å². The van der Waals surface area contributed by atoms with Gasteiger partial charge >= 0.3 is 0 Å². The van der Waals surface area contributed by atoms with Crippen LogP contribution in [0.5, 0.6) is 0 Å². The van der Waals surface area contributed by atoms with E-state index in [4.69, 9.17) is 5.73 Å². The number of halogens is 1. The van der Waals surface area contributed by atoms with Gasteiger partial charge in [-0.2, -0.15) is 0 Å². The molecule has 0 aliphatic carbocycles. The smallest absolute Gasteiger partial charge is 0.234 e. The van der Waals surface area contributed by atoms with Crippen LogP contribution in [0.15, 0.2) is 53.6 Å². The van der Waals surface area contributed by atoms with E-state index in [1.807, 2.05) is 37.3 Å². The highest BCUT2D eigenvalue weighted by atomic mass is 35.5. The van der Waals surface area contributed by atoms with Crippen molar-refractivity contribution in [3.05, 3.63) is 59.2 Å². The average molecular weight is 379 g/mol. The Morgan fingerprint density at radius 2 is 1.77 bits per heavy atom. The van der Waals surface area contributed by atoms with Crippen molar-refractivity contribution in [3.63, 3.8) is 0 Å². The van der Waals surface area contributed by atoms with Crippen LogP contribution in [0.25, 0.3) is 0 Å². The minimum Gasteiger partial charge on any atom is -0.348 e. The maximum absolute atomic E-state index is 12.2. The van der Waals surface area contributed by atoms with Gasteiger partial charge < -0.3 is 11.1 Å². The number of allylic oxidation sites excluding steroid dienone is 4. The molecule has 0 aliphatic rings. The van der Waals surface area contributed by atoms with Crippen molar-refractivity contribution in [3.8, 4) is 0 Å². The zero-order chi connectivity index (χ0) is 18.7. The van der Waals surface area contributed by atoms with Crippen molar-refractivity contribution in [1.82, 2.24) is 5.32 Å². The summed E-state index contributed by atoms with van der Waals surface area (Å²) < 4.78 is 0. The first kappa shape index (κ1) is 24.1. The fourth-order valence-corrected chi connectivity index (χ4v) is 2.56. The monoisotopic (exact) mass is 378 g/mol. The third-order valence-corrected chi connectivity index (χ3v) is 3.90. The fourth-order valence-electron chi connectivity index (χ4n) is 2.56. The zero-order valence-corrected chi connectivity index (χ0v) is 16.8. The maximum atomic E-state index is 12.2. The van der Waals surface area contributed by atoms with Crippen LogP contribution in [-0.4, -0.2) is 18.2 Å². The van der Waals surface area contributed by atoms with Crippen LogP contribution in [0.1, 0.15) is 58.1 Å². The van der Waals surface area contributed by atoms with Crippen molar-refractivity contribution < 1.29 is 9.59 Å². The van der Waals surface area contributed by atoms with E-state index in [9.17, 15) is 9.59 Å². The molecule has 0 spiro atoms. The quantitative estimate of drug-likeness (QED) is 0.471. The molecule has 1 atom stereocenters. The first-order chi connectivity index (χ1) is 11.9. The maximum Gasteiger partial charge on any atom is 0.234 e. The van der Waals surface area contributed by atoms with Crippen molar-refractivity contribution in [1.29, 1.82) is 0 Å². The van der Waals surface area contributed by atoms with Crippen LogP contribution in [0.2, 0.25) is 0 Å². The molecular weight excluding hydrogens is 348 g/mol. The Bertz CT molecular complexity index is 620. The Kier molecular flexibility index (Phi) is 12.3. The lowest BCUT2D eigenvalue weighted by Crippen LogP contribution is -2.34. The van der Waals surface area contributed by atoms with Gasteiger partial charge in [0.1, 0.15) is 0 Å². The first-order valence-corrected chi connectivity index (χ1v) is 8.80. The molecule has 1 aromatic carbocycles. The topological polar surface area (TPSA) is 72.2 Å². The second-order valence-corrected chi connectivity index (χ2v) is 6.55. The minimum absolute atomic E-state index is 0. The van der Waals surface area contributed by atoms with Crippen LogP contribution in [0.3, 0.4) is 0 Å². The van der Waals surface area contributed by atoms with Gasteiger partial charge in [0.05, 0.1) is 12.6 Å². The SMILES string of the molecule is CC(C)=CCC/C(C)=C/C(=O)CC[C@@H](NC(=O)CN)c1ccccc1.Cl. The molecule has 0 aliphatic heterocycles. The predicted molar refractivity (Wildman–Crippen MR) is 110 cm³/mol. The average Bonchev–Trinajstić information content (AvgIpc) is 2.58. The van der Waals surface area contributed by atoms with Crippen molar-refractivity contribution >= 4 is 24.1 Å². The number of carbonyl (C=O) groups excluding carboxylic acids is 2. The number of carbonyl (C=O) groups is 2. The molecule has 0 unspecified atom stereocenters. The van der Waals surface area contributed by atoms with E-state index in [-0.39, 0.29) is 36.7 Å². The fraction of sp³-hybridized carbons (Fsp3) is 0.429. The van der Waals surface area contributed by atoms with Crippen LogP contribution in [-0.2, 0) is 9.59 Å². The highest BCUT2D eigenvalue weighted by molar-refractivity contribution is 5.90. The Morgan fingerprint density at radius 1 is 1.12 bits per heavy atom. The Labute approximate surface area is 163 Å². The number of nitrogens with two attached hydrogens (primary N) is 1. The van der Waals surface area contributed by atoms with E-state index in [1.165, 1.54) is 5.57 Å². The standard InChI is InChI=1S/C21H30N2O2.ClH/c1-16(2)8-7-9-17(3)14-19(24)12-13-20(23-21(25)15-22)18-10-5-4-6-11-18;/h4-6,8,10-11,14,20H,7,9,12-13,15,22H2,1-3H3,(H,23,25);1H/b17-14+;/t20-;/m1./s1. The molecule has 0 heterocycles. The molecule has 5 heteroatoms. The van der Waals surface area contributed by atoms with Crippen LogP contribution in [0, 0.1) is 0 Å². The van der Waals surface area contributed by atoms with Gasteiger partial charge in [-0.05, 0) is 51.7 Å². The van der Waals surface area contributed by atoms with E-state index in [1.54, 1.807) is 6.08 Å². The molecule has 26 heavy (non-hydrogen) atoms. The number of rotatable bonds is 10. The van der Waals surface area contributed by atoms with E-state index < -0.39 is 0 Å². The number of hydrogen-bond donors (Lipinski definition) is 2. The van der Waals surface area contributed by atoms with E-state index in [0.717, 1.165) is 24.0 Å². The minimum atomic E-state index is -0.213. The molecule has 4 nitrogen and oxygen atoms in total. The summed E-state index contributed by atoms with van der Waals surface area (Å²) in [6.45, 7) is 6.08. The predicted octanol–water partition coefficient (Wildman–Crippen LogP) is 4.27. The lowest BCUT2D eigenvalue weighted by atomic mass is 9.99. The Balaban J connectivity index is 0.00000625. The molecule has 0 fully saturated rings. The van der Waals surface area contributed by atoms with Crippen LogP contribution in [0.4, 0.5) is 0 Å². The van der Waals surface area contributed by atoms with Gasteiger partial charge in [0.25, 0.3) is 0 Å². The molecule has 144 valence electrons. The largest absolute Gasteiger partial charge is 0.348 e. The van der Waals surface area contributed by atoms with Crippen molar-refractivity contribution in [2.45, 2.75) is 52.5 Å². The van der Waals surface area contributed by atoms with Crippen molar-refractivity contribution in [2.24, 2.45) is 5.73 Å². The first-order valence-electron chi connectivity index (χ1n) is 8.80. The van der Waals surface area contributed by atoms with Gasteiger partial charge in [-0.1, -0.05) is 47.6 Å². The lowest BCUT2D eigenvalue weighted by molar-refractivity contribution is -0.121. The second kappa shape index (κ2) is 13.3. The molecule has 0 radical (unpaired) electrons. The molecule has 0 saturated heterocycles. The number of amides is 1. The zero-order valence-electron chi connectivity index (χ0n) is 16.0. The molecule has 0 saturated carbocycles.